The number of carbonyl (C=O) groups is 2. The van der Waals surface area contributed by atoms with E-state index in [0.29, 0.717) is 21.4 Å². The largest absolute Gasteiger partial charge is 0.483 e. The van der Waals surface area contributed by atoms with Crippen molar-refractivity contribution in [3.05, 3.63) is 74.7 Å². The lowest BCUT2D eigenvalue weighted by molar-refractivity contribution is -0.142. The molecule has 4 rings (SSSR count). The van der Waals surface area contributed by atoms with Gasteiger partial charge in [-0.25, -0.2) is 0 Å². The summed E-state index contributed by atoms with van der Waals surface area (Å²) in [5, 5.41) is 6.06. The van der Waals surface area contributed by atoms with Gasteiger partial charge in [0.05, 0.1) is 4.47 Å². The highest BCUT2D eigenvalue weighted by Gasteiger charge is 2.29. The van der Waals surface area contributed by atoms with Crippen LogP contribution < -0.4 is 10.1 Å². The van der Waals surface area contributed by atoms with E-state index in [1.165, 1.54) is 11.3 Å². The van der Waals surface area contributed by atoms with Crippen LogP contribution >= 0.6 is 39.1 Å². The Bertz CT molecular complexity index is 1230. The van der Waals surface area contributed by atoms with E-state index in [1.807, 2.05) is 36.4 Å². The van der Waals surface area contributed by atoms with Crippen LogP contribution in [0, 0.1) is 0 Å². The Kier molecular flexibility index (Phi) is 9.15. The summed E-state index contributed by atoms with van der Waals surface area (Å²) in [5.41, 5.74) is 0.596. The number of amides is 2. The third kappa shape index (κ3) is 6.34. The van der Waals surface area contributed by atoms with Gasteiger partial charge in [-0.05, 0) is 64.7 Å². The highest BCUT2D eigenvalue weighted by molar-refractivity contribution is 9.10. The van der Waals surface area contributed by atoms with Crippen LogP contribution in [0.2, 0.25) is 10.0 Å². The minimum atomic E-state index is -0.726. The zero-order chi connectivity index (χ0) is 25.7. The molecule has 0 aromatic heterocycles. The molecule has 0 spiro atoms. The number of benzene rings is 3. The number of carbonyl (C=O) groups excluding carboxylic acids is 2. The van der Waals surface area contributed by atoms with Crippen molar-refractivity contribution in [2.24, 2.45) is 0 Å². The molecule has 1 atom stereocenters. The van der Waals surface area contributed by atoms with Crippen LogP contribution in [0.3, 0.4) is 0 Å². The van der Waals surface area contributed by atoms with E-state index in [1.54, 1.807) is 25.1 Å². The number of ether oxygens (including phenoxy) is 1. The Labute approximate surface area is 230 Å². The molecule has 8 heteroatoms. The molecule has 190 valence electrons. The molecule has 0 bridgehead atoms. The Morgan fingerprint density at radius 1 is 1.03 bits per heavy atom. The molecule has 1 aliphatic rings. The topological polar surface area (TPSA) is 58.6 Å². The molecule has 36 heavy (non-hydrogen) atoms. The maximum atomic E-state index is 13.5. The molecule has 2 amide bonds. The lowest BCUT2D eigenvalue weighted by Gasteiger charge is -2.31. The summed E-state index contributed by atoms with van der Waals surface area (Å²) < 4.78 is 6.71. The highest BCUT2D eigenvalue weighted by atomic mass is 79.9. The molecule has 1 fully saturated rings. The van der Waals surface area contributed by atoms with Crippen molar-refractivity contribution in [3.8, 4) is 5.75 Å². The molecule has 0 heterocycles. The molecular weight excluding hydrogens is 563 g/mol. The van der Waals surface area contributed by atoms with Gasteiger partial charge in [0.2, 0.25) is 5.91 Å². The highest BCUT2D eigenvalue weighted by Crippen LogP contribution is 2.33. The molecule has 1 N–H and O–H groups in total. The zero-order valence-corrected chi connectivity index (χ0v) is 23.2. The van der Waals surface area contributed by atoms with Crippen LogP contribution in [0.25, 0.3) is 10.8 Å². The maximum absolute atomic E-state index is 13.5. The van der Waals surface area contributed by atoms with Crippen LogP contribution in [0.15, 0.2) is 59.1 Å². The van der Waals surface area contributed by atoms with Crippen LogP contribution in [-0.4, -0.2) is 35.4 Å². The summed E-state index contributed by atoms with van der Waals surface area (Å²) in [7, 11) is 0. The first kappa shape index (κ1) is 26.8. The van der Waals surface area contributed by atoms with E-state index in [9.17, 15) is 9.59 Å². The van der Waals surface area contributed by atoms with Gasteiger partial charge in [0, 0.05) is 28.2 Å². The SMILES string of the molecule is C[C@H](C(=O)NC1CCCCC1)N(Cc1c(Cl)cccc1Cl)C(=O)COc1ccc2ccccc2c1Br. The van der Waals surface area contributed by atoms with Crippen LogP contribution in [0.1, 0.15) is 44.6 Å². The number of fused-ring (bicyclic) bond motifs is 1. The third-order valence-corrected chi connectivity index (χ3v) is 8.21. The van der Waals surface area contributed by atoms with Crippen molar-refractivity contribution in [1.29, 1.82) is 0 Å². The van der Waals surface area contributed by atoms with Crippen LogP contribution in [0.4, 0.5) is 0 Å². The fourth-order valence-corrected chi connectivity index (χ4v) is 5.68. The normalized spacial score (nSPS) is 14.9. The molecule has 0 unspecified atom stereocenters. The van der Waals surface area contributed by atoms with E-state index in [0.717, 1.165) is 40.9 Å². The molecule has 1 saturated carbocycles. The average molecular weight is 592 g/mol. The summed E-state index contributed by atoms with van der Waals surface area (Å²) in [6.07, 6.45) is 5.32. The maximum Gasteiger partial charge on any atom is 0.261 e. The molecule has 0 radical (unpaired) electrons. The number of halogens is 3. The van der Waals surface area contributed by atoms with E-state index >= 15 is 0 Å². The first-order valence-electron chi connectivity index (χ1n) is 12.2. The molecule has 3 aromatic carbocycles. The van der Waals surface area contributed by atoms with Gasteiger partial charge in [-0.15, -0.1) is 0 Å². The van der Waals surface area contributed by atoms with Crippen molar-refractivity contribution < 1.29 is 14.3 Å². The summed E-state index contributed by atoms with van der Waals surface area (Å²) in [6, 6.07) is 16.3. The predicted molar refractivity (Wildman–Crippen MR) is 149 cm³/mol. The lowest BCUT2D eigenvalue weighted by atomic mass is 9.95. The Morgan fingerprint density at radius 2 is 1.72 bits per heavy atom. The second-order valence-corrected chi connectivity index (χ2v) is 10.7. The van der Waals surface area contributed by atoms with Gasteiger partial charge in [-0.3, -0.25) is 9.59 Å². The molecule has 5 nitrogen and oxygen atoms in total. The van der Waals surface area contributed by atoms with Gasteiger partial charge < -0.3 is 15.0 Å². The van der Waals surface area contributed by atoms with E-state index < -0.39 is 6.04 Å². The Hall–Kier alpha value is -2.28. The molecule has 0 aliphatic heterocycles. The van der Waals surface area contributed by atoms with Gasteiger partial charge >= 0.3 is 0 Å². The van der Waals surface area contributed by atoms with Crippen molar-refractivity contribution in [3.63, 3.8) is 0 Å². The summed E-state index contributed by atoms with van der Waals surface area (Å²) in [4.78, 5) is 28.1. The molecule has 0 saturated heterocycles. The number of rotatable bonds is 8. The van der Waals surface area contributed by atoms with Crippen molar-refractivity contribution >= 4 is 61.7 Å². The third-order valence-electron chi connectivity index (χ3n) is 6.69. The minimum Gasteiger partial charge on any atom is -0.483 e. The summed E-state index contributed by atoms with van der Waals surface area (Å²) >= 11 is 16.4. The molecular formula is C28H29BrCl2N2O3. The predicted octanol–water partition coefficient (Wildman–Crippen LogP) is 7.15. The van der Waals surface area contributed by atoms with Gasteiger partial charge in [-0.2, -0.15) is 0 Å². The molecule has 3 aromatic rings. The number of nitrogens with one attached hydrogen (secondary N) is 1. The van der Waals surface area contributed by atoms with Crippen molar-refractivity contribution in [2.75, 3.05) is 6.61 Å². The smallest absolute Gasteiger partial charge is 0.261 e. The number of hydrogen-bond acceptors (Lipinski definition) is 3. The summed E-state index contributed by atoms with van der Waals surface area (Å²) in [6.45, 7) is 1.59. The first-order valence-corrected chi connectivity index (χ1v) is 13.7. The standard InChI is InChI=1S/C28H29BrCl2N2O3/c1-18(28(35)32-20-9-3-2-4-10-20)33(16-22-23(30)12-7-13-24(22)31)26(34)17-36-25-15-14-19-8-5-6-11-21(19)27(25)29/h5-8,11-15,18,20H,2-4,9-10,16-17H2,1H3,(H,32,35)/t18-/m1/s1. The minimum absolute atomic E-state index is 0.0961. The lowest BCUT2D eigenvalue weighted by Crippen LogP contribution is -2.51. The second-order valence-electron chi connectivity index (χ2n) is 9.13. The van der Waals surface area contributed by atoms with Gasteiger partial charge in [0.1, 0.15) is 11.8 Å². The van der Waals surface area contributed by atoms with Crippen molar-refractivity contribution in [2.45, 2.75) is 57.7 Å². The van der Waals surface area contributed by atoms with Gasteiger partial charge in [-0.1, -0.05) is 78.9 Å². The fourth-order valence-electron chi connectivity index (χ4n) is 4.55. The fraction of sp³-hybridized carbons (Fsp3) is 0.357. The zero-order valence-electron chi connectivity index (χ0n) is 20.1. The van der Waals surface area contributed by atoms with Gasteiger partial charge in [0.15, 0.2) is 6.61 Å². The monoisotopic (exact) mass is 590 g/mol. The van der Waals surface area contributed by atoms with Crippen LogP contribution in [0.5, 0.6) is 5.75 Å². The first-order chi connectivity index (χ1) is 17.3. The Balaban J connectivity index is 1.53. The second kappa shape index (κ2) is 12.3. The van der Waals surface area contributed by atoms with E-state index in [-0.39, 0.29) is 31.0 Å². The average Bonchev–Trinajstić information content (AvgIpc) is 2.88. The Morgan fingerprint density at radius 3 is 2.44 bits per heavy atom. The number of nitrogens with zero attached hydrogens (tertiary/aromatic N) is 1. The van der Waals surface area contributed by atoms with Crippen molar-refractivity contribution in [1.82, 2.24) is 10.2 Å². The number of hydrogen-bond donors (Lipinski definition) is 1. The van der Waals surface area contributed by atoms with Gasteiger partial charge in [0.25, 0.3) is 5.91 Å². The summed E-state index contributed by atoms with van der Waals surface area (Å²) in [5.74, 6) is 0.0275. The van der Waals surface area contributed by atoms with E-state index in [4.69, 9.17) is 27.9 Å². The van der Waals surface area contributed by atoms with Crippen LogP contribution in [-0.2, 0) is 16.1 Å². The van der Waals surface area contributed by atoms with E-state index in [2.05, 4.69) is 21.2 Å². The molecule has 1 aliphatic carbocycles. The quantitative estimate of drug-likeness (QED) is 0.302.